The molecule has 0 saturated heterocycles. The van der Waals surface area contributed by atoms with Crippen molar-refractivity contribution in [2.75, 3.05) is 11.9 Å². The fourth-order valence-corrected chi connectivity index (χ4v) is 1.53. The number of rotatable bonds is 4. The van der Waals surface area contributed by atoms with Gasteiger partial charge in [-0.3, -0.25) is 0 Å². The number of halogens is 1. The molecule has 0 unspecified atom stereocenters. The SMILES string of the molecule is CCCCNC(=S)Nc1c(C)cccc1F. The topological polar surface area (TPSA) is 24.1 Å². The van der Waals surface area contributed by atoms with E-state index in [1.165, 1.54) is 6.07 Å². The van der Waals surface area contributed by atoms with E-state index in [0.29, 0.717) is 10.8 Å². The molecule has 0 saturated carbocycles. The van der Waals surface area contributed by atoms with Crippen LogP contribution in [-0.4, -0.2) is 11.7 Å². The van der Waals surface area contributed by atoms with Crippen molar-refractivity contribution in [1.82, 2.24) is 5.32 Å². The Labute approximate surface area is 101 Å². The number of hydrogen-bond donors (Lipinski definition) is 2. The van der Waals surface area contributed by atoms with Crippen LogP contribution in [0.25, 0.3) is 0 Å². The fraction of sp³-hybridized carbons (Fsp3) is 0.417. The Morgan fingerprint density at radius 2 is 2.19 bits per heavy atom. The maximum absolute atomic E-state index is 13.4. The molecule has 0 atom stereocenters. The van der Waals surface area contributed by atoms with Crippen molar-refractivity contribution < 1.29 is 4.39 Å². The Balaban J connectivity index is 2.56. The summed E-state index contributed by atoms with van der Waals surface area (Å²) in [5.74, 6) is -0.278. The number of hydrogen-bond acceptors (Lipinski definition) is 1. The van der Waals surface area contributed by atoms with E-state index in [2.05, 4.69) is 17.6 Å². The summed E-state index contributed by atoms with van der Waals surface area (Å²) in [6.45, 7) is 4.77. The van der Waals surface area contributed by atoms with Crippen molar-refractivity contribution in [3.05, 3.63) is 29.6 Å². The van der Waals surface area contributed by atoms with Gasteiger partial charge in [-0.15, -0.1) is 0 Å². The molecular weight excluding hydrogens is 223 g/mol. The molecule has 88 valence electrons. The lowest BCUT2D eigenvalue weighted by Gasteiger charge is -2.12. The Bertz CT molecular complexity index is 346. The van der Waals surface area contributed by atoms with Crippen molar-refractivity contribution in [3.63, 3.8) is 0 Å². The third-order valence-electron chi connectivity index (χ3n) is 2.28. The smallest absolute Gasteiger partial charge is 0.170 e. The fourth-order valence-electron chi connectivity index (χ4n) is 1.33. The quantitative estimate of drug-likeness (QED) is 0.624. The standard InChI is InChI=1S/C12H17FN2S/c1-3-4-8-14-12(16)15-11-9(2)6-5-7-10(11)13/h5-7H,3-4,8H2,1-2H3,(H2,14,15,16). The Kier molecular flexibility index (Phi) is 5.19. The highest BCUT2D eigenvalue weighted by Crippen LogP contribution is 2.18. The number of unbranched alkanes of at least 4 members (excludes halogenated alkanes) is 1. The van der Waals surface area contributed by atoms with Crippen LogP contribution in [-0.2, 0) is 0 Å². The van der Waals surface area contributed by atoms with Gasteiger partial charge in [0.2, 0.25) is 0 Å². The zero-order chi connectivity index (χ0) is 12.0. The molecule has 1 rings (SSSR count). The van der Waals surface area contributed by atoms with Gasteiger partial charge in [0.05, 0.1) is 5.69 Å². The molecular formula is C12H17FN2S. The van der Waals surface area contributed by atoms with Gasteiger partial charge in [-0.05, 0) is 37.2 Å². The zero-order valence-electron chi connectivity index (χ0n) is 9.64. The summed E-state index contributed by atoms with van der Waals surface area (Å²) in [6, 6.07) is 4.95. The second-order valence-electron chi connectivity index (χ2n) is 3.67. The van der Waals surface area contributed by atoms with Gasteiger partial charge in [0.1, 0.15) is 5.82 Å². The molecule has 1 aromatic rings. The van der Waals surface area contributed by atoms with Crippen LogP contribution in [0.2, 0.25) is 0 Å². The van der Waals surface area contributed by atoms with Crippen LogP contribution in [0.4, 0.5) is 10.1 Å². The van der Waals surface area contributed by atoms with Crippen LogP contribution >= 0.6 is 12.2 Å². The minimum atomic E-state index is -0.278. The van der Waals surface area contributed by atoms with Crippen LogP contribution < -0.4 is 10.6 Å². The van der Waals surface area contributed by atoms with Gasteiger partial charge in [-0.25, -0.2) is 4.39 Å². The molecule has 0 aliphatic heterocycles. The summed E-state index contributed by atoms with van der Waals surface area (Å²) < 4.78 is 13.4. The van der Waals surface area contributed by atoms with Crippen LogP contribution in [0.1, 0.15) is 25.3 Å². The maximum atomic E-state index is 13.4. The first-order valence-corrected chi connectivity index (χ1v) is 5.86. The summed E-state index contributed by atoms with van der Waals surface area (Å²) in [5, 5.41) is 6.40. The number of benzene rings is 1. The van der Waals surface area contributed by atoms with E-state index >= 15 is 0 Å². The molecule has 0 aromatic heterocycles. The highest BCUT2D eigenvalue weighted by atomic mass is 32.1. The van der Waals surface area contributed by atoms with Crippen LogP contribution in [0.3, 0.4) is 0 Å². The lowest BCUT2D eigenvalue weighted by atomic mass is 10.2. The number of anilines is 1. The molecule has 0 fully saturated rings. The van der Waals surface area contributed by atoms with Crippen molar-refractivity contribution in [1.29, 1.82) is 0 Å². The molecule has 0 aliphatic carbocycles. The van der Waals surface area contributed by atoms with E-state index in [1.807, 2.05) is 13.0 Å². The van der Waals surface area contributed by atoms with Gasteiger partial charge >= 0.3 is 0 Å². The maximum Gasteiger partial charge on any atom is 0.170 e. The third kappa shape index (κ3) is 3.77. The van der Waals surface area contributed by atoms with Gasteiger partial charge in [0, 0.05) is 6.54 Å². The van der Waals surface area contributed by atoms with E-state index in [-0.39, 0.29) is 5.82 Å². The Morgan fingerprint density at radius 1 is 1.44 bits per heavy atom. The summed E-state index contributed by atoms with van der Waals surface area (Å²) in [6.07, 6.45) is 2.16. The first-order valence-electron chi connectivity index (χ1n) is 5.45. The van der Waals surface area contributed by atoms with Crippen LogP contribution in [0.5, 0.6) is 0 Å². The minimum Gasteiger partial charge on any atom is -0.362 e. The number of nitrogens with one attached hydrogen (secondary N) is 2. The second-order valence-corrected chi connectivity index (χ2v) is 4.07. The average Bonchev–Trinajstić information content (AvgIpc) is 2.24. The molecule has 2 N–H and O–H groups in total. The largest absolute Gasteiger partial charge is 0.362 e. The van der Waals surface area contributed by atoms with Crippen molar-refractivity contribution >= 4 is 23.0 Å². The molecule has 16 heavy (non-hydrogen) atoms. The van der Waals surface area contributed by atoms with E-state index in [9.17, 15) is 4.39 Å². The Hall–Kier alpha value is -1.16. The van der Waals surface area contributed by atoms with E-state index in [1.54, 1.807) is 6.07 Å². The summed E-state index contributed by atoms with van der Waals surface area (Å²) in [5.41, 5.74) is 1.30. The summed E-state index contributed by atoms with van der Waals surface area (Å²) >= 11 is 5.08. The van der Waals surface area contributed by atoms with Crippen LogP contribution in [0.15, 0.2) is 18.2 Å². The van der Waals surface area contributed by atoms with E-state index in [0.717, 1.165) is 24.9 Å². The number of thiocarbonyl (C=S) groups is 1. The molecule has 1 aromatic carbocycles. The van der Waals surface area contributed by atoms with E-state index in [4.69, 9.17) is 12.2 Å². The molecule has 0 bridgehead atoms. The molecule has 0 spiro atoms. The predicted molar refractivity (Wildman–Crippen MR) is 70.3 cm³/mol. The minimum absolute atomic E-state index is 0.278. The van der Waals surface area contributed by atoms with Crippen molar-refractivity contribution in [2.45, 2.75) is 26.7 Å². The molecule has 0 amide bonds. The van der Waals surface area contributed by atoms with Gasteiger partial charge in [-0.2, -0.15) is 0 Å². The van der Waals surface area contributed by atoms with Crippen LogP contribution in [0, 0.1) is 12.7 Å². The van der Waals surface area contributed by atoms with Gasteiger partial charge in [-0.1, -0.05) is 25.5 Å². The number of aryl methyl sites for hydroxylation is 1. The molecule has 2 nitrogen and oxygen atoms in total. The molecule has 4 heteroatoms. The summed E-state index contributed by atoms with van der Waals surface area (Å²) in [7, 11) is 0. The molecule has 0 heterocycles. The van der Waals surface area contributed by atoms with Gasteiger partial charge in [0.15, 0.2) is 5.11 Å². The zero-order valence-corrected chi connectivity index (χ0v) is 10.5. The molecule has 0 aliphatic rings. The molecule has 0 radical (unpaired) electrons. The normalized spacial score (nSPS) is 9.94. The van der Waals surface area contributed by atoms with Crippen molar-refractivity contribution in [3.8, 4) is 0 Å². The van der Waals surface area contributed by atoms with Gasteiger partial charge < -0.3 is 10.6 Å². The second kappa shape index (κ2) is 6.43. The Morgan fingerprint density at radius 3 is 2.81 bits per heavy atom. The third-order valence-corrected chi connectivity index (χ3v) is 2.52. The number of para-hydroxylation sites is 1. The van der Waals surface area contributed by atoms with E-state index < -0.39 is 0 Å². The average molecular weight is 240 g/mol. The highest BCUT2D eigenvalue weighted by molar-refractivity contribution is 7.80. The first-order chi connectivity index (χ1) is 7.65. The monoisotopic (exact) mass is 240 g/mol. The predicted octanol–water partition coefficient (Wildman–Crippen LogP) is 3.22. The highest BCUT2D eigenvalue weighted by Gasteiger charge is 2.05. The first kappa shape index (κ1) is 12.9. The van der Waals surface area contributed by atoms with Crippen molar-refractivity contribution in [2.24, 2.45) is 0 Å². The lowest BCUT2D eigenvalue weighted by molar-refractivity contribution is 0.631. The lowest BCUT2D eigenvalue weighted by Crippen LogP contribution is -2.29. The van der Waals surface area contributed by atoms with Gasteiger partial charge in [0.25, 0.3) is 0 Å². The summed E-state index contributed by atoms with van der Waals surface area (Å²) in [4.78, 5) is 0.